The molecule has 2 aromatic carbocycles. The smallest absolute Gasteiger partial charge is 0.294 e. The Hall–Kier alpha value is -2.60. The molecule has 0 saturated carbocycles. The first-order chi connectivity index (χ1) is 10.4. The normalized spacial score (nSPS) is 10.1. The third-order valence-corrected chi connectivity index (χ3v) is 3.21. The van der Waals surface area contributed by atoms with Gasteiger partial charge in [-0.2, -0.15) is 0 Å². The molecule has 114 valence electrons. The lowest BCUT2D eigenvalue weighted by Gasteiger charge is -2.11. The number of benzene rings is 2. The number of carbonyl (C=O) groups is 1. The van der Waals surface area contributed by atoms with Crippen LogP contribution in [0.15, 0.2) is 42.5 Å². The molecule has 0 aromatic heterocycles. The Morgan fingerprint density at radius 3 is 2.36 bits per heavy atom. The minimum absolute atomic E-state index is 0.107. The first kappa shape index (κ1) is 15.8. The second-order valence-corrected chi connectivity index (χ2v) is 5.26. The highest BCUT2D eigenvalue weighted by molar-refractivity contribution is 6.30. The highest BCUT2D eigenvalue weighted by Crippen LogP contribution is 2.30. The molecule has 1 N–H and O–H groups in total. The van der Waals surface area contributed by atoms with Crippen molar-refractivity contribution in [2.24, 2.45) is 0 Å². The number of nitro benzene ring substituents is 1. The van der Waals surface area contributed by atoms with Crippen molar-refractivity contribution in [2.45, 2.75) is 0 Å². The van der Waals surface area contributed by atoms with Gasteiger partial charge in [0.25, 0.3) is 11.6 Å². The second kappa shape index (κ2) is 6.44. The van der Waals surface area contributed by atoms with Crippen molar-refractivity contribution in [3.8, 4) is 0 Å². The maximum Gasteiger partial charge on any atom is 0.294 e. The first-order valence-electron chi connectivity index (χ1n) is 6.41. The SMILES string of the molecule is CN(C)C(=O)c1ccc(Nc2ccc(Cl)cc2[N+](=O)[O-])cc1. The number of hydrogen-bond donors (Lipinski definition) is 1. The van der Waals surface area contributed by atoms with Crippen LogP contribution in [-0.4, -0.2) is 29.8 Å². The van der Waals surface area contributed by atoms with Crippen molar-refractivity contribution in [2.75, 3.05) is 19.4 Å². The second-order valence-electron chi connectivity index (χ2n) is 4.82. The molecule has 2 rings (SSSR count). The lowest BCUT2D eigenvalue weighted by Crippen LogP contribution is -2.21. The lowest BCUT2D eigenvalue weighted by molar-refractivity contribution is -0.383. The van der Waals surface area contributed by atoms with Gasteiger partial charge in [-0.15, -0.1) is 0 Å². The predicted molar refractivity (Wildman–Crippen MR) is 85.8 cm³/mol. The topological polar surface area (TPSA) is 75.5 Å². The number of hydrogen-bond acceptors (Lipinski definition) is 4. The standard InChI is InChI=1S/C15H14ClN3O3/c1-18(2)15(20)10-3-6-12(7-4-10)17-13-8-5-11(16)9-14(13)19(21)22/h3-9,17H,1-2H3. The monoisotopic (exact) mass is 319 g/mol. The van der Waals surface area contributed by atoms with E-state index in [1.807, 2.05) is 0 Å². The zero-order chi connectivity index (χ0) is 16.3. The van der Waals surface area contributed by atoms with Crippen LogP contribution < -0.4 is 5.32 Å². The van der Waals surface area contributed by atoms with Crippen LogP contribution in [0.3, 0.4) is 0 Å². The number of amides is 1. The van der Waals surface area contributed by atoms with Gasteiger partial charge in [-0.1, -0.05) is 11.6 Å². The van der Waals surface area contributed by atoms with Crippen molar-refractivity contribution in [1.29, 1.82) is 0 Å². The summed E-state index contributed by atoms with van der Waals surface area (Å²) in [6, 6.07) is 11.1. The molecule has 0 bridgehead atoms. The Morgan fingerprint density at radius 1 is 1.18 bits per heavy atom. The molecule has 0 radical (unpaired) electrons. The molecule has 0 heterocycles. The summed E-state index contributed by atoms with van der Waals surface area (Å²) >= 11 is 5.77. The number of nitro groups is 1. The maximum atomic E-state index is 11.8. The molecule has 0 aliphatic heterocycles. The highest BCUT2D eigenvalue weighted by atomic mass is 35.5. The van der Waals surface area contributed by atoms with Gasteiger partial charge in [0.15, 0.2) is 0 Å². The van der Waals surface area contributed by atoms with E-state index in [1.165, 1.54) is 11.0 Å². The van der Waals surface area contributed by atoms with Gasteiger partial charge in [0.2, 0.25) is 0 Å². The summed E-state index contributed by atoms with van der Waals surface area (Å²) in [5.41, 5.74) is 1.41. The quantitative estimate of drug-likeness (QED) is 0.688. The summed E-state index contributed by atoms with van der Waals surface area (Å²) in [4.78, 5) is 23.8. The number of nitrogens with one attached hydrogen (secondary N) is 1. The van der Waals surface area contributed by atoms with Crippen LogP contribution >= 0.6 is 11.6 Å². The molecule has 0 atom stereocenters. The highest BCUT2D eigenvalue weighted by Gasteiger charge is 2.14. The summed E-state index contributed by atoms with van der Waals surface area (Å²) < 4.78 is 0. The van der Waals surface area contributed by atoms with Gasteiger partial charge >= 0.3 is 0 Å². The van der Waals surface area contributed by atoms with Crippen molar-refractivity contribution >= 4 is 34.6 Å². The predicted octanol–water partition coefficient (Wildman–Crippen LogP) is 3.69. The minimum atomic E-state index is -0.502. The molecule has 2 aromatic rings. The molecule has 7 heteroatoms. The molecule has 6 nitrogen and oxygen atoms in total. The maximum absolute atomic E-state index is 11.8. The lowest BCUT2D eigenvalue weighted by atomic mass is 10.1. The van der Waals surface area contributed by atoms with Crippen molar-refractivity contribution < 1.29 is 9.72 Å². The van der Waals surface area contributed by atoms with Gasteiger partial charge < -0.3 is 10.2 Å². The van der Waals surface area contributed by atoms with Gasteiger partial charge in [-0.25, -0.2) is 0 Å². The van der Waals surface area contributed by atoms with E-state index in [2.05, 4.69) is 5.32 Å². The van der Waals surface area contributed by atoms with E-state index < -0.39 is 4.92 Å². The molecule has 0 unspecified atom stereocenters. The molecule has 0 aliphatic carbocycles. The summed E-state index contributed by atoms with van der Waals surface area (Å²) in [5.74, 6) is -0.107. The fraction of sp³-hybridized carbons (Fsp3) is 0.133. The Labute approximate surface area is 132 Å². The van der Waals surface area contributed by atoms with Crippen molar-refractivity contribution in [3.05, 3.63) is 63.2 Å². The molecule has 1 amide bonds. The van der Waals surface area contributed by atoms with Gasteiger partial charge in [-0.05, 0) is 36.4 Å². The number of halogens is 1. The summed E-state index contributed by atoms with van der Waals surface area (Å²) in [5, 5.41) is 14.3. The van der Waals surface area contributed by atoms with Crippen LogP contribution in [0.4, 0.5) is 17.1 Å². The fourth-order valence-electron chi connectivity index (χ4n) is 1.87. The fourth-order valence-corrected chi connectivity index (χ4v) is 2.04. The Kier molecular flexibility index (Phi) is 4.62. The molecule has 0 aliphatic rings. The Morgan fingerprint density at radius 2 is 1.82 bits per heavy atom. The zero-order valence-corrected chi connectivity index (χ0v) is 12.8. The molecule has 22 heavy (non-hydrogen) atoms. The van der Waals surface area contributed by atoms with Crippen LogP contribution in [0.2, 0.25) is 5.02 Å². The van der Waals surface area contributed by atoms with E-state index >= 15 is 0 Å². The van der Waals surface area contributed by atoms with E-state index in [1.54, 1.807) is 50.5 Å². The average molecular weight is 320 g/mol. The van der Waals surface area contributed by atoms with Crippen LogP contribution in [0, 0.1) is 10.1 Å². The third-order valence-electron chi connectivity index (χ3n) is 2.97. The molecule has 0 saturated heterocycles. The zero-order valence-electron chi connectivity index (χ0n) is 12.0. The van der Waals surface area contributed by atoms with E-state index in [9.17, 15) is 14.9 Å². The number of nitrogens with zero attached hydrogens (tertiary/aromatic N) is 2. The number of rotatable bonds is 4. The molecular weight excluding hydrogens is 306 g/mol. The largest absolute Gasteiger partial charge is 0.350 e. The van der Waals surface area contributed by atoms with Gasteiger partial charge in [0.05, 0.1) is 4.92 Å². The van der Waals surface area contributed by atoms with Gasteiger partial charge in [-0.3, -0.25) is 14.9 Å². The summed E-state index contributed by atoms with van der Waals surface area (Å²) in [6.45, 7) is 0. The van der Waals surface area contributed by atoms with E-state index in [-0.39, 0.29) is 11.6 Å². The van der Waals surface area contributed by atoms with Gasteiger partial charge in [0, 0.05) is 36.4 Å². The average Bonchev–Trinajstić information content (AvgIpc) is 2.48. The molecular formula is C15H14ClN3O3. The van der Waals surface area contributed by atoms with Crippen LogP contribution in [0.1, 0.15) is 10.4 Å². The summed E-state index contributed by atoms with van der Waals surface area (Å²) in [7, 11) is 3.34. The van der Waals surface area contributed by atoms with E-state index in [0.29, 0.717) is 22.0 Å². The van der Waals surface area contributed by atoms with Crippen molar-refractivity contribution in [1.82, 2.24) is 4.90 Å². The third kappa shape index (κ3) is 3.53. The van der Waals surface area contributed by atoms with Crippen molar-refractivity contribution in [3.63, 3.8) is 0 Å². The summed E-state index contributed by atoms with van der Waals surface area (Å²) in [6.07, 6.45) is 0. The van der Waals surface area contributed by atoms with E-state index in [0.717, 1.165) is 0 Å². The number of anilines is 2. The Balaban J connectivity index is 2.25. The van der Waals surface area contributed by atoms with Crippen LogP contribution in [-0.2, 0) is 0 Å². The van der Waals surface area contributed by atoms with Crippen LogP contribution in [0.5, 0.6) is 0 Å². The molecule has 0 fully saturated rings. The minimum Gasteiger partial charge on any atom is -0.350 e. The van der Waals surface area contributed by atoms with E-state index in [4.69, 9.17) is 11.6 Å². The number of carbonyl (C=O) groups excluding carboxylic acids is 1. The van der Waals surface area contributed by atoms with Crippen LogP contribution in [0.25, 0.3) is 0 Å². The van der Waals surface area contributed by atoms with Gasteiger partial charge in [0.1, 0.15) is 5.69 Å². The molecule has 0 spiro atoms. The first-order valence-corrected chi connectivity index (χ1v) is 6.79. The Bertz CT molecular complexity index is 714.